The first-order valence-electron chi connectivity index (χ1n) is 5.23. The molecule has 2 aromatic rings. The summed E-state index contributed by atoms with van der Waals surface area (Å²) in [5, 5.41) is 0.523. The lowest BCUT2D eigenvalue weighted by atomic mass is 10.0. The molecule has 17 heavy (non-hydrogen) atoms. The molecule has 1 heterocycles. The topological polar surface area (TPSA) is 39.1 Å². The van der Waals surface area contributed by atoms with Gasteiger partial charge in [-0.3, -0.25) is 9.59 Å². The fraction of sp³-hybridized carbons (Fsp3) is 0.231. The van der Waals surface area contributed by atoms with Crippen LogP contribution in [0.2, 0.25) is 0 Å². The van der Waals surface area contributed by atoms with Crippen LogP contribution in [0.5, 0.6) is 0 Å². The van der Waals surface area contributed by atoms with Gasteiger partial charge in [-0.1, -0.05) is 12.1 Å². The van der Waals surface area contributed by atoms with Gasteiger partial charge < -0.3 is 4.57 Å². The summed E-state index contributed by atoms with van der Waals surface area (Å²) in [5.74, 6) is -0.0778. The third-order valence-electron chi connectivity index (χ3n) is 2.78. The molecule has 0 bridgehead atoms. The third-order valence-corrected chi connectivity index (χ3v) is 3.51. The number of nitrogens with zero attached hydrogens (tertiary/aromatic N) is 1. The van der Waals surface area contributed by atoms with Gasteiger partial charge in [0.15, 0.2) is 5.78 Å². The zero-order valence-corrected chi connectivity index (χ0v) is 10.8. The highest BCUT2D eigenvalue weighted by Gasteiger charge is 2.12. The van der Waals surface area contributed by atoms with Crippen molar-refractivity contribution in [1.82, 2.24) is 4.57 Å². The van der Waals surface area contributed by atoms with E-state index in [-0.39, 0.29) is 11.2 Å². The largest absolute Gasteiger partial charge is 0.349 e. The Morgan fingerprint density at radius 2 is 2.06 bits per heavy atom. The van der Waals surface area contributed by atoms with Crippen LogP contribution in [-0.2, 0) is 7.05 Å². The number of hydrogen-bond acceptors (Lipinski definition) is 3. The molecule has 0 unspecified atom stereocenters. The van der Waals surface area contributed by atoms with Crippen molar-refractivity contribution in [3.05, 3.63) is 40.2 Å². The molecule has 0 aliphatic rings. The molecule has 1 aromatic heterocycles. The van der Waals surface area contributed by atoms with E-state index in [4.69, 9.17) is 0 Å². The van der Waals surface area contributed by atoms with E-state index in [0.29, 0.717) is 15.8 Å². The van der Waals surface area contributed by atoms with E-state index in [0.717, 1.165) is 5.52 Å². The fourth-order valence-corrected chi connectivity index (χ4v) is 2.49. The molecule has 0 amide bonds. The second-order valence-electron chi connectivity index (χ2n) is 3.89. The van der Waals surface area contributed by atoms with E-state index in [9.17, 15) is 9.59 Å². The lowest BCUT2D eigenvalue weighted by Crippen LogP contribution is -2.12. The summed E-state index contributed by atoms with van der Waals surface area (Å²) in [4.78, 5) is 24.5. The van der Waals surface area contributed by atoms with Crippen LogP contribution in [0, 0.1) is 0 Å². The summed E-state index contributed by atoms with van der Waals surface area (Å²) in [6, 6.07) is 5.36. The Kier molecular flexibility index (Phi) is 3.07. The molecule has 0 spiro atoms. The van der Waals surface area contributed by atoms with Crippen molar-refractivity contribution in [2.75, 3.05) is 6.26 Å². The van der Waals surface area contributed by atoms with Gasteiger partial charge in [0.1, 0.15) is 0 Å². The molecule has 88 valence electrons. The second-order valence-corrected chi connectivity index (χ2v) is 4.74. The number of hydrogen-bond donors (Lipinski definition) is 0. The Balaban J connectivity index is 3.02. The van der Waals surface area contributed by atoms with Gasteiger partial charge in [-0.15, -0.1) is 11.8 Å². The maximum Gasteiger partial charge on any atom is 0.203 e. The monoisotopic (exact) mass is 247 g/mol. The Bertz CT molecular complexity index is 658. The van der Waals surface area contributed by atoms with E-state index in [2.05, 4.69) is 0 Å². The molecule has 0 saturated heterocycles. The number of aryl methyl sites for hydroxylation is 1. The first-order chi connectivity index (χ1) is 8.06. The molecule has 0 saturated carbocycles. The smallest absolute Gasteiger partial charge is 0.203 e. The van der Waals surface area contributed by atoms with Gasteiger partial charge in [-0.25, -0.2) is 0 Å². The zero-order valence-electron chi connectivity index (χ0n) is 9.98. The minimum absolute atomic E-state index is 0.0589. The SMILES string of the molecule is CSc1cn(C)c2cccc(C(C)=O)c2c1=O. The first-order valence-corrected chi connectivity index (χ1v) is 6.46. The molecule has 0 aliphatic heterocycles. The highest BCUT2D eigenvalue weighted by atomic mass is 32.2. The number of ketones is 1. The van der Waals surface area contributed by atoms with Gasteiger partial charge in [0.2, 0.25) is 5.43 Å². The molecule has 1 aromatic carbocycles. The van der Waals surface area contributed by atoms with E-state index in [1.165, 1.54) is 18.7 Å². The Labute approximate surface area is 103 Å². The van der Waals surface area contributed by atoms with Crippen LogP contribution in [0.15, 0.2) is 34.1 Å². The van der Waals surface area contributed by atoms with Gasteiger partial charge in [0.05, 0.1) is 15.8 Å². The minimum atomic E-state index is -0.0778. The molecule has 3 nitrogen and oxygen atoms in total. The van der Waals surface area contributed by atoms with E-state index < -0.39 is 0 Å². The highest BCUT2D eigenvalue weighted by Crippen LogP contribution is 2.19. The number of rotatable bonds is 2. The van der Waals surface area contributed by atoms with Crippen molar-refractivity contribution in [2.24, 2.45) is 7.05 Å². The van der Waals surface area contributed by atoms with Crippen molar-refractivity contribution < 1.29 is 4.79 Å². The second kappa shape index (κ2) is 4.37. The normalized spacial score (nSPS) is 10.8. The number of benzene rings is 1. The number of thioether (sulfide) groups is 1. The predicted molar refractivity (Wildman–Crippen MR) is 71.0 cm³/mol. The number of aromatic nitrogens is 1. The molecule has 0 aliphatic carbocycles. The summed E-state index contributed by atoms with van der Waals surface area (Å²) in [7, 11) is 1.88. The van der Waals surface area contributed by atoms with Crippen LogP contribution in [0.4, 0.5) is 0 Å². The van der Waals surface area contributed by atoms with Crippen molar-refractivity contribution >= 4 is 28.4 Å². The minimum Gasteiger partial charge on any atom is -0.349 e. The summed E-state index contributed by atoms with van der Waals surface area (Å²) >= 11 is 1.40. The van der Waals surface area contributed by atoms with Crippen LogP contribution >= 0.6 is 11.8 Å². The molecule has 0 fully saturated rings. The van der Waals surface area contributed by atoms with Gasteiger partial charge in [-0.05, 0) is 19.2 Å². The molecular weight excluding hydrogens is 234 g/mol. The summed E-state index contributed by atoms with van der Waals surface area (Å²) < 4.78 is 1.88. The molecular formula is C13H13NO2S. The maximum absolute atomic E-state index is 12.3. The van der Waals surface area contributed by atoms with Gasteiger partial charge in [-0.2, -0.15) is 0 Å². The number of fused-ring (bicyclic) bond motifs is 1. The lowest BCUT2D eigenvalue weighted by Gasteiger charge is -2.09. The highest BCUT2D eigenvalue weighted by molar-refractivity contribution is 7.98. The van der Waals surface area contributed by atoms with Crippen molar-refractivity contribution in [1.29, 1.82) is 0 Å². The number of pyridine rings is 1. The van der Waals surface area contributed by atoms with Crippen molar-refractivity contribution in [3.8, 4) is 0 Å². The van der Waals surface area contributed by atoms with Crippen molar-refractivity contribution in [2.45, 2.75) is 11.8 Å². The van der Waals surface area contributed by atoms with Gasteiger partial charge in [0, 0.05) is 18.8 Å². The average molecular weight is 247 g/mol. The summed E-state index contributed by atoms with van der Waals surface area (Å²) in [5.41, 5.74) is 1.23. The van der Waals surface area contributed by atoms with Crippen LogP contribution in [0.1, 0.15) is 17.3 Å². The predicted octanol–water partition coefficient (Wildman–Crippen LogP) is 2.46. The van der Waals surface area contributed by atoms with Crippen LogP contribution < -0.4 is 5.43 Å². The molecule has 0 N–H and O–H groups in total. The van der Waals surface area contributed by atoms with Gasteiger partial charge >= 0.3 is 0 Å². The Hall–Kier alpha value is -1.55. The summed E-state index contributed by atoms with van der Waals surface area (Å²) in [6.45, 7) is 1.49. The number of carbonyl (C=O) groups is 1. The molecule has 2 rings (SSSR count). The zero-order chi connectivity index (χ0) is 12.6. The Morgan fingerprint density at radius 3 is 2.65 bits per heavy atom. The van der Waals surface area contributed by atoms with E-state index >= 15 is 0 Å². The first kappa shape index (κ1) is 11.9. The molecule has 4 heteroatoms. The standard InChI is InChI=1S/C13H13NO2S/c1-8(15)9-5-4-6-10-12(9)13(16)11(17-3)7-14(10)2/h4-7H,1-3H3. The third kappa shape index (κ3) is 1.89. The average Bonchev–Trinajstić information content (AvgIpc) is 2.32. The van der Waals surface area contributed by atoms with Gasteiger partial charge in [0.25, 0.3) is 0 Å². The Morgan fingerprint density at radius 1 is 1.35 bits per heavy atom. The lowest BCUT2D eigenvalue weighted by molar-refractivity contribution is 0.101. The fourth-order valence-electron chi connectivity index (χ4n) is 1.94. The summed E-state index contributed by atoms with van der Waals surface area (Å²) in [6.07, 6.45) is 3.66. The number of carbonyl (C=O) groups excluding carboxylic acids is 1. The van der Waals surface area contributed by atoms with E-state index in [1.807, 2.05) is 23.9 Å². The van der Waals surface area contributed by atoms with Crippen LogP contribution in [0.3, 0.4) is 0 Å². The van der Waals surface area contributed by atoms with Crippen LogP contribution in [0.25, 0.3) is 10.9 Å². The molecule has 0 radical (unpaired) electrons. The quantitative estimate of drug-likeness (QED) is 0.604. The number of Topliss-reactive ketones (excluding diaryl/α,β-unsaturated/α-hetero) is 1. The molecule has 0 atom stereocenters. The maximum atomic E-state index is 12.3. The van der Waals surface area contributed by atoms with Crippen LogP contribution in [-0.4, -0.2) is 16.6 Å². The van der Waals surface area contributed by atoms with Crippen molar-refractivity contribution in [3.63, 3.8) is 0 Å². The van der Waals surface area contributed by atoms with E-state index in [1.54, 1.807) is 18.3 Å².